The molecule has 0 fully saturated rings. The second-order valence-electron chi connectivity index (χ2n) is 7.76. The first-order valence-corrected chi connectivity index (χ1v) is 10.6. The maximum atomic E-state index is 10.1. The van der Waals surface area contributed by atoms with Crippen LogP contribution in [-0.2, 0) is 11.3 Å². The van der Waals surface area contributed by atoms with Gasteiger partial charge in [0.15, 0.2) is 0 Å². The summed E-state index contributed by atoms with van der Waals surface area (Å²) in [5.41, 5.74) is 12.8. The van der Waals surface area contributed by atoms with Crippen LogP contribution in [0.15, 0.2) is 55.2 Å². The van der Waals surface area contributed by atoms with Crippen LogP contribution in [0.2, 0.25) is 0 Å². The number of nitrogens with one attached hydrogen (secondary N) is 1. The van der Waals surface area contributed by atoms with Gasteiger partial charge < -0.3 is 15.8 Å². The number of rotatable bonds is 6. The predicted octanol–water partition coefficient (Wildman–Crippen LogP) is 3.74. The minimum absolute atomic E-state index is 0.291. The quantitative estimate of drug-likeness (QED) is 0.431. The predicted molar refractivity (Wildman–Crippen MR) is 130 cm³/mol. The number of anilines is 2. The molecule has 0 atom stereocenters. The molecule has 0 spiro atoms. The SMILES string of the molecule is CC(C)c1cn(CC=O)nn1.CNc1ccc(C)c(-c2cncc(-c3cc(N)ncn3)c2)c1. The average molecular weight is 445 g/mol. The molecule has 0 bridgehead atoms. The van der Waals surface area contributed by atoms with Crippen molar-refractivity contribution in [2.75, 3.05) is 18.1 Å². The number of aromatic nitrogens is 6. The van der Waals surface area contributed by atoms with E-state index in [9.17, 15) is 4.79 Å². The molecule has 0 aliphatic carbocycles. The highest BCUT2D eigenvalue weighted by atomic mass is 16.1. The van der Waals surface area contributed by atoms with E-state index in [0.717, 1.165) is 40.1 Å². The van der Waals surface area contributed by atoms with Crippen LogP contribution in [0.4, 0.5) is 11.5 Å². The van der Waals surface area contributed by atoms with Gasteiger partial charge in [-0.25, -0.2) is 14.6 Å². The first kappa shape index (κ1) is 23.5. The summed E-state index contributed by atoms with van der Waals surface area (Å²) in [5, 5.41) is 10.8. The van der Waals surface area contributed by atoms with E-state index < -0.39 is 0 Å². The highest BCUT2D eigenvalue weighted by Gasteiger charge is 2.07. The van der Waals surface area contributed by atoms with Crippen LogP contribution in [0.3, 0.4) is 0 Å². The van der Waals surface area contributed by atoms with E-state index in [1.807, 2.05) is 27.1 Å². The third kappa shape index (κ3) is 6.19. The second-order valence-corrected chi connectivity index (χ2v) is 7.76. The minimum atomic E-state index is 0.291. The van der Waals surface area contributed by atoms with Crippen molar-refractivity contribution in [1.82, 2.24) is 29.9 Å². The normalized spacial score (nSPS) is 10.5. The van der Waals surface area contributed by atoms with Gasteiger partial charge in [-0.1, -0.05) is 25.1 Å². The second kappa shape index (κ2) is 10.9. The van der Waals surface area contributed by atoms with Crippen molar-refractivity contribution in [3.8, 4) is 22.4 Å². The fourth-order valence-electron chi connectivity index (χ4n) is 3.09. The number of nitrogen functional groups attached to an aromatic ring is 1. The van der Waals surface area contributed by atoms with Crippen LogP contribution >= 0.6 is 0 Å². The molecule has 0 aliphatic heterocycles. The summed E-state index contributed by atoms with van der Waals surface area (Å²) in [6, 6.07) is 10.1. The van der Waals surface area contributed by atoms with Crippen molar-refractivity contribution in [3.05, 3.63) is 66.5 Å². The summed E-state index contributed by atoms with van der Waals surface area (Å²) in [5.74, 6) is 0.819. The Balaban J connectivity index is 0.000000235. The van der Waals surface area contributed by atoms with E-state index in [-0.39, 0.29) is 0 Å². The van der Waals surface area contributed by atoms with Gasteiger partial charge in [0.05, 0.1) is 17.9 Å². The molecule has 9 heteroatoms. The maximum absolute atomic E-state index is 10.1. The Hall–Kier alpha value is -4.14. The van der Waals surface area contributed by atoms with Crippen LogP contribution in [0.1, 0.15) is 31.0 Å². The Morgan fingerprint density at radius 2 is 1.91 bits per heavy atom. The standard InChI is InChI=1S/C17H17N5.C7H11N3O/c1-11-3-4-14(19-2)6-15(11)12-5-13(9-20-8-12)16-7-17(18)22-10-21-16;1-6(2)7-5-10(3-4-11)9-8-7/h3-10,19H,1-2H3,(H2,18,21,22);4-6H,3H2,1-2H3. The number of benzene rings is 1. The van der Waals surface area contributed by atoms with Gasteiger partial charge in [0, 0.05) is 48.5 Å². The fourth-order valence-corrected chi connectivity index (χ4v) is 3.09. The minimum Gasteiger partial charge on any atom is -0.388 e. The smallest absolute Gasteiger partial charge is 0.141 e. The third-order valence-corrected chi connectivity index (χ3v) is 4.97. The van der Waals surface area contributed by atoms with E-state index in [2.05, 4.69) is 61.8 Å². The van der Waals surface area contributed by atoms with E-state index in [1.54, 1.807) is 18.5 Å². The Labute approximate surface area is 193 Å². The lowest BCUT2D eigenvalue weighted by molar-refractivity contribution is -0.108. The Bertz CT molecular complexity index is 1220. The Morgan fingerprint density at radius 3 is 2.58 bits per heavy atom. The molecule has 3 N–H and O–H groups in total. The van der Waals surface area contributed by atoms with E-state index in [0.29, 0.717) is 18.3 Å². The number of pyridine rings is 1. The molecule has 0 saturated heterocycles. The highest BCUT2D eigenvalue weighted by Crippen LogP contribution is 2.29. The number of carbonyl (C=O) groups excluding carboxylic acids is 1. The molecule has 3 heterocycles. The van der Waals surface area contributed by atoms with Gasteiger partial charge in [0.1, 0.15) is 18.4 Å². The number of aryl methyl sites for hydroxylation is 1. The number of nitrogens with two attached hydrogens (primary N) is 1. The third-order valence-electron chi connectivity index (χ3n) is 4.97. The van der Waals surface area contributed by atoms with Crippen LogP contribution < -0.4 is 11.1 Å². The molecule has 0 unspecified atom stereocenters. The zero-order valence-corrected chi connectivity index (χ0v) is 19.2. The van der Waals surface area contributed by atoms with Gasteiger partial charge in [-0.15, -0.1) is 5.10 Å². The Morgan fingerprint density at radius 1 is 1.12 bits per heavy atom. The largest absolute Gasteiger partial charge is 0.388 e. The van der Waals surface area contributed by atoms with Crippen molar-refractivity contribution in [1.29, 1.82) is 0 Å². The zero-order valence-electron chi connectivity index (χ0n) is 19.2. The Kier molecular flexibility index (Phi) is 7.80. The molecule has 4 rings (SSSR count). The number of nitrogens with zero attached hydrogens (tertiary/aromatic N) is 6. The number of hydrogen-bond donors (Lipinski definition) is 2. The van der Waals surface area contributed by atoms with E-state index in [1.165, 1.54) is 16.6 Å². The van der Waals surface area contributed by atoms with Crippen molar-refractivity contribution >= 4 is 17.8 Å². The first-order valence-electron chi connectivity index (χ1n) is 10.6. The topological polar surface area (TPSA) is 124 Å². The zero-order chi connectivity index (χ0) is 23.8. The number of carbonyl (C=O) groups is 1. The first-order chi connectivity index (χ1) is 15.9. The molecule has 0 amide bonds. The van der Waals surface area contributed by atoms with Crippen LogP contribution in [0.25, 0.3) is 22.4 Å². The van der Waals surface area contributed by atoms with E-state index in [4.69, 9.17) is 5.73 Å². The molecule has 170 valence electrons. The fraction of sp³-hybridized carbons (Fsp3) is 0.250. The van der Waals surface area contributed by atoms with Gasteiger partial charge in [-0.05, 0) is 42.2 Å². The van der Waals surface area contributed by atoms with Crippen LogP contribution in [-0.4, -0.2) is 43.3 Å². The van der Waals surface area contributed by atoms with Gasteiger partial charge in [0.25, 0.3) is 0 Å². The molecular formula is C24H28N8O. The summed E-state index contributed by atoms with van der Waals surface area (Å²) in [4.78, 5) is 22.6. The summed E-state index contributed by atoms with van der Waals surface area (Å²) < 4.78 is 1.53. The lowest BCUT2D eigenvalue weighted by atomic mass is 9.99. The van der Waals surface area contributed by atoms with Crippen LogP contribution in [0, 0.1) is 6.92 Å². The average Bonchev–Trinajstić information content (AvgIpc) is 3.29. The summed E-state index contributed by atoms with van der Waals surface area (Å²) >= 11 is 0. The molecule has 4 aromatic rings. The monoisotopic (exact) mass is 444 g/mol. The highest BCUT2D eigenvalue weighted by molar-refractivity contribution is 5.75. The maximum Gasteiger partial charge on any atom is 0.141 e. The van der Waals surface area contributed by atoms with Gasteiger partial charge in [0.2, 0.25) is 0 Å². The van der Waals surface area contributed by atoms with Crippen molar-refractivity contribution < 1.29 is 4.79 Å². The molecular weight excluding hydrogens is 416 g/mol. The van der Waals surface area contributed by atoms with Crippen molar-refractivity contribution in [2.45, 2.75) is 33.2 Å². The summed E-state index contributed by atoms with van der Waals surface area (Å²) in [6.07, 6.45) is 7.69. The van der Waals surface area contributed by atoms with Crippen molar-refractivity contribution in [2.24, 2.45) is 0 Å². The molecule has 9 nitrogen and oxygen atoms in total. The number of aldehydes is 1. The van der Waals surface area contributed by atoms with Crippen molar-refractivity contribution in [3.63, 3.8) is 0 Å². The van der Waals surface area contributed by atoms with Gasteiger partial charge in [-0.2, -0.15) is 0 Å². The molecule has 3 aromatic heterocycles. The molecule has 1 aromatic carbocycles. The van der Waals surface area contributed by atoms with E-state index >= 15 is 0 Å². The van der Waals surface area contributed by atoms with Gasteiger partial charge >= 0.3 is 0 Å². The van der Waals surface area contributed by atoms with Gasteiger partial charge in [-0.3, -0.25) is 4.98 Å². The molecule has 0 saturated carbocycles. The molecule has 0 radical (unpaired) electrons. The van der Waals surface area contributed by atoms with Crippen LogP contribution in [0.5, 0.6) is 0 Å². The lowest BCUT2D eigenvalue weighted by Crippen LogP contribution is -1.98. The number of hydrogen-bond acceptors (Lipinski definition) is 8. The molecule has 33 heavy (non-hydrogen) atoms. The molecule has 0 aliphatic rings. The summed E-state index contributed by atoms with van der Waals surface area (Å²) in [7, 11) is 1.91. The summed E-state index contributed by atoms with van der Waals surface area (Å²) in [6.45, 7) is 6.45. The lowest BCUT2D eigenvalue weighted by Gasteiger charge is -2.10.